The zero-order valence-corrected chi connectivity index (χ0v) is 15.6. The van der Waals surface area contributed by atoms with Gasteiger partial charge in [0.15, 0.2) is 0 Å². The number of hydrogen-bond acceptors (Lipinski definition) is 2. The van der Waals surface area contributed by atoms with Crippen molar-refractivity contribution in [1.29, 1.82) is 0 Å². The maximum atomic E-state index is 12.8. The molecule has 0 atom stereocenters. The Hall–Kier alpha value is -2.79. The SMILES string of the molecule is CC(=O)Nc1ccc(Cl)c(C(=O)N(C)Cc2[nH]c3ccccc3c2C)c1. The van der Waals surface area contributed by atoms with Gasteiger partial charge in [-0.25, -0.2) is 0 Å². The van der Waals surface area contributed by atoms with Crippen LogP contribution in [-0.4, -0.2) is 28.7 Å². The van der Waals surface area contributed by atoms with Gasteiger partial charge >= 0.3 is 0 Å². The van der Waals surface area contributed by atoms with E-state index >= 15 is 0 Å². The van der Waals surface area contributed by atoms with Crippen LogP contribution in [-0.2, 0) is 11.3 Å². The summed E-state index contributed by atoms with van der Waals surface area (Å²) < 4.78 is 0. The summed E-state index contributed by atoms with van der Waals surface area (Å²) in [7, 11) is 1.73. The van der Waals surface area contributed by atoms with Crippen molar-refractivity contribution in [2.75, 3.05) is 12.4 Å². The Kier molecular flexibility index (Phi) is 5.00. The number of carbonyl (C=O) groups excluding carboxylic acids is 2. The van der Waals surface area contributed by atoms with Gasteiger partial charge in [-0.3, -0.25) is 9.59 Å². The quantitative estimate of drug-likeness (QED) is 0.717. The number of anilines is 1. The molecule has 2 aromatic carbocycles. The maximum Gasteiger partial charge on any atom is 0.255 e. The van der Waals surface area contributed by atoms with Gasteiger partial charge in [0.2, 0.25) is 5.91 Å². The highest BCUT2D eigenvalue weighted by molar-refractivity contribution is 6.34. The molecule has 0 saturated heterocycles. The van der Waals surface area contributed by atoms with Crippen molar-refractivity contribution in [3.63, 3.8) is 0 Å². The molecule has 2 amide bonds. The number of rotatable bonds is 4. The summed E-state index contributed by atoms with van der Waals surface area (Å²) in [5.41, 5.74) is 4.05. The normalized spacial score (nSPS) is 10.8. The molecule has 2 N–H and O–H groups in total. The molecule has 0 unspecified atom stereocenters. The van der Waals surface area contributed by atoms with E-state index in [0.29, 0.717) is 22.8 Å². The number of para-hydroxylation sites is 1. The highest BCUT2D eigenvalue weighted by Gasteiger charge is 2.18. The molecule has 1 heterocycles. The van der Waals surface area contributed by atoms with Gasteiger partial charge < -0.3 is 15.2 Å². The molecule has 1 aromatic heterocycles. The largest absolute Gasteiger partial charge is 0.357 e. The van der Waals surface area contributed by atoms with E-state index in [1.165, 1.54) is 6.92 Å². The lowest BCUT2D eigenvalue weighted by Gasteiger charge is -2.18. The molecule has 0 aliphatic carbocycles. The molecule has 0 aliphatic rings. The lowest BCUT2D eigenvalue weighted by atomic mass is 10.1. The lowest BCUT2D eigenvalue weighted by Crippen LogP contribution is -2.27. The first kappa shape index (κ1) is 18.0. The first-order valence-electron chi connectivity index (χ1n) is 8.25. The molecule has 5 nitrogen and oxygen atoms in total. The second kappa shape index (κ2) is 7.22. The first-order valence-corrected chi connectivity index (χ1v) is 8.63. The third-order valence-electron chi connectivity index (χ3n) is 4.33. The van der Waals surface area contributed by atoms with Gasteiger partial charge in [0.05, 0.1) is 17.1 Å². The molecule has 0 aliphatic heterocycles. The van der Waals surface area contributed by atoms with Crippen molar-refractivity contribution >= 4 is 40.0 Å². The average molecular weight is 370 g/mol. The Balaban J connectivity index is 1.85. The van der Waals surface area contributed by atoms with Crippen LogP contribution in [0.4, 0.5) is 5.69 Å². The molecule has 0 saturated carbocycles. The smallest absolute Gasteiger partial charge is 0.255 e. The summed E-state index contributed by atoms with van der Waals surface area (Å²) in [6, 6.07) is 12.9. The second-order valence-corrected chi connectivity index (χ2v) is 6.72. The Bertz CT molecular complexity index is 994. The molecular weight excluding hydrogens is 350 g/mol. The maximum absolute atomic E-state index is 12.8. The average Bonchev–Trinajstić information content (AvgIpc) is 2.92. The van der Waals surface area contributed by atoms with E-state index in [9.17, 15) is 9.59 Å². The van der Waals surface area contributed by atoms with Crippen molar-refractivity contribution < 1.29 is 9.59 Å². The Morgan fingerprint density at radius 3 is 2.62 bits per heavy atom. The standard InChI is InChI=1S/C20H20ClN3O2/c1-12-15-6-4-5-7-18(15)23-19(12)11-24(3)20(26)16-10-14(22-13(2)25)8-9-17(16)21/h4-10,23H,11H2,1-3H3,(H,22,25). The summed E-state index contributed by atoms with van der Waals surface area (Å²) in [5, 5.41) is 4.17. The minimum atomic E-state index is -0.208. The Labute approximate surface area is 157 Å². The Morgan fingerprint density at radius 1 is 1.19 bits per heavy atom. The van der Waals surface area contributed by atoms with E-state index < -0.39 is 0 Å². The Morgan fingerprint density at radius 2 is 1.92 bits per heavy atom. The molecule has 134 valence electrons. The summed E-state index contributed by atoms with van der Waals surface area (Å²) in [5.74, 6) is -0.409. The number of hydrogen-bond donors (Lipinski definition) is 2. The molecule has 3 rings (SSSR count). The van der Waals surface area contributed by atoms with Crippen LogP contribution >= 0.6 is 11.6 Å². The number of carbonyl (C=O) groups is 2. The molecule has 0 fully saturated rings. The van der Waals surface area contributed by atoms with Crippen LogP contribution in [0.25, 0.3) is 10.9 Å². The van der Waals surface area contributed by atoms with Gasteiger partial charge in [0.25, 0.3) is 5.91 Å². The van der Waals surface area contributed by atoms with Crippen LogP contribution in [0.5, 0.6) is 0 Å². The topological polar surface area (TPSA) is 65.2 Å². The minimum Gasteiger partial charge on any atom is -0.357 e. The van der Waals surface area contributed by atoms with Gasteiger partial charge in [-0.1, -0.05) is 29.8 Å². The van der Waals surface area contributed by atoms with E-state index in [1.54, 1.807) is 30.1 Å². The van der Waals surface area contributed by atoms with Gasteiger partial charge in [0, 0.05) is 36.3 Å². The lowest BCUT2D eigenvalue weighted by molar-refractivity contribution is -0.114. The zero-order valence-electron chi connectivity index (χ0n) is 14.9. The third-order valence-corrected chi connectivity index (χ3v) is 4.66. The zero-order chi connectivity index (χ0) is 18.8. The van der Waals surface area contributed by atoms with Crippen LogP contribution in [0.15, 0.2) is 42.5 Å². The molecule has 0 spiro atoms. The van der Waals surface area contributed by atoms with E-state index in [4.69, 9.17) is 11.6 Å². The van der Waals surface area contributed by atoms with Crippen LogP contribution < -0.4 is 5.32 Å². The van der Waals surface area contributed by atoms with Crippen molar-refractivity contribution in [3.8, 4) is 0 Å². The van der Waals surface area contributed by atoms with Crippen LogP contribution in [0.2, 0.25) is 5.02 Å². The van der Waals surface area contributed by atoms with E-state index in [2.05, 4.69) is 16.4 Å². The molecule has 3 aromatic rings. The molecule has 26 heavy (non-hydrogen) atoms. The van der Waals surface area contributed by atoms with Gasteiger partial charge in [-0.05, 0) is 36.8 Å². The monoisotopic (exact) mass is 369 g/mol. The summed E-state index contributed by atoms with van der Waals surface area (Å²) in [6.07, 6.45) is 0. The molecule has 0 bridgehead atoms. The van der Waals surface area contributed by atoms with Crippen molar-refractivity contribution in [2.45, 2.75) is 20.4 Å². The first-order chi connectivity index (χ1) is 12.4. The van der Waals surface area contributed by atoms with Crippen molar-refractivity contribution in [1.82, 2.24) is 9.88 Å². The van der Waals surface area contributed by atoms with Crippen LogP contribution in [0.1, 0.15) is 28.5 Å². The number of aryl methyl sites for hydroxylation is 1. The summed E-state index contributed by atoms with van der Waals surface area (Å²) >= 11 is 6.20. The van der Waals surface area contributed by atoms with Gasteiger partial charge in [-0.15, -0.1) is 0 Å². The highest BCUT2D eigenvalue weighted by Crippen LogP contribution is 2.25. The number of nitrogens with one attached hydrogen (secondary N) is 2. The fourth-order valence-corrected chi connectivity index (χ4v) is 3.18. The number of halogens is 1. The number of nitrogens with zero attached hydrogens (tertiary/aromatic N) is 1. The van der Waals surface area contributed by atoms with E-state index in [1.807, 2.05) is 25.1 Å². The molecular formula is C20H20ClN3O2. The number of aromatic nitrogens is 1. The number of aromatic amines is 1. The molecule has 6 heteroatoms. The molecule has 0 radical (unpaired) electrons. The number of H-pyrrole nitrogens is 1. The van der Waals surface area contributed by atoms with E-state index in [0.717, 1.165) is 22.2 Å². The second-order valence-electron chi connectivity index (χ2n) is 6.31. The minimum absolute atomic E-state index is 0.201. The summed E-state index contributed by atoms with van der Waals surface area (Å²) in [6.45, 7) is 3.89. The number of amides is 2. The van der Waals surface area contributed by atoms with Crippen LogP contribution in [0, 0.1) is 6.92 Å². The fourth-order valence-electron chi connectivity index (χ4n) is 2.98. The number of fused-ring (bicyclic) bond motifs is 1. The number of benzene rings is 2. The predicted octanol–water partition coefficient (Wildman–Crippen LogP) is 4.36. The van der Waals surface area contributed by atoms with Crippen LogP contribution in [0.3, 0.4) is 0 Å². The predicted molar refractivity (Wildman–Crippen MR) is 105 cm³/mol. The fraction of sp³-hybridized carbons (Fsp3) is 0.200. The van der Waals surface area contributed by atoms with Crippen molar-refractivity contribution in [3.05, 3.63) is 64.3 Å². The summed E-state index contributed by atoms with van der Waals surface area (Å²) in [4.78, 5) is 29.1. The van der Waals surface area contributed by atoms with E-state index in [-0.39, 0.29) is 11.8 Å². The van der Waals surface area contributed by atoms with Gasteiger partial charge in [-0.2, -0.15) is 0 Å². The third kappa shape index (κ3) is 3.58. The van der Waals surface area contributed by atoms with Crippen molar-refractivity contribution in [2.24, 2.45) is 0 Å². The highest BCUT2D eigenvalue weighted by atomic mass is 35.5. The van der Waals surface area contributed by atoms with Gasteiger partial charge in [0.1, 0.15) is 0 Å².